The number of rotatable bonds is 3. The third-order valence-corrected chi connectivity index (χ3v) is 5.72. The highest BCUT2D eigenvalue weighted by atomic mass is 35.5. The van der Waals surface area contributed by atoms with E-state index in [4.69, 9.17) is 11.6 Å². The molecular weight excluding hydrogens is 324 g/mol. The van der Waals surface area contributed by atoms with Crippen molar-refractivity contribution in [3.05, 3.63) is 35.4 Å². The lowest BCUT2D eigenvalue weighted by Crippen LogP contribution is -2.51. The Morgan fingerprint density at radius 1 is 1.25 bits per heavy atom. The number of carbonyl (C=O) groups excluding carboxylic acids is 2. The topological polar surface area (TPSA) is 49.4 Å². The molecule has 1 aliphatic heterocycles. The molecule has 0 saturated heterocycles. The van der Waals surface area contributed by atoms with Crippen LogP contribution in [0.25, 0.3) is 0 Å². The van der Waals surface area contributed by atoms with E-state index in [1.54, 1.807) is 4.90 Å². The number of nitrogens with one attached hydrogen (secondary N) is 1. The van der Waals surface area contributed by atoms with Crippen LogP contribution in [0.5, 0.6) is 0 Å². The van der Waals surface area contributed by atoms with Crippen molar-refractivity contribution in [2.75, 3.05) is 12.4 Å². The zero-order valence-corrected chi connectivity index (χ0v) is 14.9. The Morgan fingerprint density at radius 2 is 1.96 bits per heavy atom. The number of fused-ring (bicyclic) bond motifs is 1. The molecule has 1 N–H and O–H groups in total. The van der Waals surface area contributed by atoms with Crippen molar-refractivity contribution in [2.24, 2.45) is 5.41 Å². The lowest BCUT2D eigenvalue weighted by atomic mass is 9.75. The number of hydrogen-bond donors (Lipinski definition) is 1. The fourth-order valence-corrected chi connectivity index (χ4v) is 4.08. The van der Waals surface area contributed by atoms with Crippen LogP contribution in [-0.2, 0) is 16.0 Å². The van der Waals surface area contributed by atoms with Crippen molar-refractivity contribution in [1.82, 2.24) is 10.2 Å². The summed E-state index contributed by atoms with van der Waals surface area (Å²) in [5.74, 6) is -0.146. The Bertz CT molecular complexity index is 626. The first-order valence-electron chi connectivity index (χ1n) is 8.79. The Hall–Kier alpha value is -1.55. The Balaban J connectivity index is 1.86. The highest BCUT2D eigenvalue weighted by molar-refractivity contribution is 6.27. The van der Waals surface area contributed by atoms with E-state index >= 15 is 0 Å². The molecule has 1 aliphatic carbocycles. The van der Waals surface area contributed by atoms with Gasteiger partial charge in [0.25, 0.3) is 0 Å². The quantitative estimate of drug-likeness (QED) is 0.851. The molecule has 1 unspecified atom stereocenters. The lowest BCUT2D eigenvalue weighted by molar-refractivity contribution is -0.138. The van der Waals surface area contributed by atoms with Crippen LogP contribution in [0.4, 0.5) is 0 Å². The molecule has 1 aromatic rings. The normalized spacial score (nSPS) is 22.6. The van der Waals surface area contributed by atoms with Crippen LogP contribution in [0.15, 0.2) is 24.3 Å². The SMILES string of the molecule is CC1(C(=O)NC2c3ccccc3CCN2C(=O)CCl)CCCCC1. The first kappa shape index (κ1) is 17.3. The Kier molecular flexibility index (Phi) is 5.14. The van der Waals surface area contributed by atoms with Crippen LogP contribution >= 0.6 is 11.6 Å². The molecule has 1 atom stereocenters. The average Bonchev–Trinajstić information content (AvgIpc) is 2.62. The van der Waals surface area contributed by atoms with Crippen LogP contribution in [0.3, 0.4) is 0 Å². The molecule has 2 amide bonds. The van der Waals surface area contributed by atoms with Gasteiger partial charge in [0.2, 0.25) is 11.8 Å². The maximum absolute atomic E-state index is 13.0. The number of benzene rings is 1. The summed E-state index contributed by atoms with van der Waals surface area (Å²) >= 11 is 5.79. The van der Waals surface area contributed by atoms with E-state index in [0.29, 0.717) is 6.54 Å². The van der Waals surface area contributed by atoms with Gasteiger partial charge >= 0.3 is 0 Å². The summed E-state index contributed by atoms with van der Waals surface area (Å²) in [6.45, 7) is 2.63. The molecule has 1 saturated carbocycles. The van der Waals surface area contributed by atoms with Gasteiger partial charge in [-0.05, 0) is 30.4 Å². The predicted molar refractivity (Wildman–Crippen MR) is 94.7 cm³/mol. The van der Waals surface area contributed by atoms with E-state index in [1.807, 2.05) is 25.1 Å². The predicted octanol–water partition coefficient (Wildman–Crippen LogP) is 3.40. The fourth-order valence-electron chi connectivity index (χ4n) is 3.93. The smallest absolute Gasteiger partial charge is 0.239 e. The number of halogens is 1. The van der Waals surface area contributed by atoms with Gasteiger partial charge in [0.1, 0.15) is 12.0 Å². The molecule has 24 heavy (non-hydrogen) atoms. The van der Waals surface area contributed by atoms with E-state index in [2.05, 4.69) is 11.4 Å². The number of hydrogen-bond acceptors (Lipinski definition) is 2. The number of carbonyl (C=O) groups is 2. The molecule has 2 aliphatic rings. The van der Waals surface area contributed by atoms with Crippen LogP contribution < -0.4 is 5.32 Å². The summed E-state index contributed by atoms with van der Waals surface area (Å²) in [6.07, 6.45) is 5.60. The molecule has 0 spiro atoms. The fraction of sp³-hybridized carbons (Fsp3) is 0.579. The third-order valence-electron chi connectivity index (χ3n) is 5.49. The first-order chi connectivity index (χ1) is 11.5. The zero-order valence-electron chi connectivity index (χ0n) is 14.2. The van der Waals surface area contributed by atoms with Gasteiger partial charge in [0.15, 0.2) is 0 Å². The van der Waals surface area contributed by atoms with Crippen molar-refractivity contribution in [3.63, 3.8) is 0 Å². The van der Waals surface area contributed by atoms with Crippen molar-refractivity contribution in [1.29, 1.82) is 0 Å². The van der Waals surface area contributed by atoms with Gasteiger partial charge in [-0.15, -0.1) is 11.6 Å². The van der Waals surface area contributed by atoms with Gasteiger partial charge in [-0.1, -0.05) is 50.5 Å². The van der Waals surface area contributed by atoms with Gasteiger partial charge in [-0.25, -0.2) is 0 Å². The van der Waals surface area contributed by atoms with Crippen LogP contribution in [0.2, 0.25) is 0 Å². The van der Waals surface area contributed by atoms with E-state index in [9.17, 15) is 9.59 Å². The molecule has 1 aromatic carbocycles. The second-order valence-corrected chi connectivity index (χ2v) is 7.43. The second kappa shape index (κ2) is 7.14. The molecule has 1 fully saturated rings. The molecule has 0 radical (unpaired) electrons. The Morgan fingerprint density at radius 3 is 2.67 bits per heavy atom. The van der Waals surface area contributed by atoms with Gasteiger partial charge in [-0.2, -0.15) is 0 Å². The van der Waals surface area contributed by atoms with Crippen molar-refractivity contribution < 1.29 is 9.59 Å². The highest BCUT2D eigenvalue weighted by Crippen LogP contribution is 2.37. The molecule has 0 bridgehead atoms. The molecule has 1 heterocycles. The zero-order chi connectivity index (χ0) is 17.2. The van der Waals surface area contributed by atoms with Crippen molar-refractivity contribution in [3.8, 4) is 0 Å². The standard InChI is InChI=1S/C19H25ClN2O2/c1-19(10-5-2-6-11-19)18(24)21-17-15-8-4-3-7-14(15)9-12-22(17)16(23)13-20/h3-4,7-8,17H,2,5-6,9-13H2,1H3,(H,21,24). The van der Waals surface area contributed by atoms with Crippen LogP contribution in [0, 0.1) is 5.41 Å². The molecule has 3 rings (SSSR count). The first-order valence-corrected chi connectivity index (χ1v) is 9.33. The summed E-state index contributed by atoms with van der Waals surface area (Å²) in [6, 6.07) is 8.02. The van der Waals surface area contributed by atoms with Gasteiger partial charge in [0, 0.05) is 12.0 Å². The number of amides is 2. The summed E-state index contributed by atoms with van der Waals surface area (Å²) < 4.78 is 0. The molecule has 0 aromatic heterocycles. The Labute approximate surface area is 148 Å². The summed E-state index contributed by atoms with van der Waals surface area (Å²) in [4.78, 5) is 26.9. The molecule has 130 valence electrons. The summed E-state index contributed by atoms with van der Waals surface area (Å²) in [5.41, 5.74) is 1.87. The molecule has 4 nitrogen and oxygen atoms in total. The number of nitrogens with zero attached hydrogens (tertiary/aromatic N) is 1. The highest BCUT2D eigenvalue weighted by Gasteiger charge is 2.38. The van der Waals surface area contributed by atoms with E-state index in [0.717, 1.165) is 37.7 Å². The minimum atomic E-state index is -0.410. The monoisotopic (exact) mass is 348 g/mol. The molecular formula is C19H25ClN2O2. The number of alkyl halides is 1. The maximum atomic E-state index is 13.0. The summed E-state index contributed by atoms with van der Waals surface area (Å²) in [7, 11) is 0. The average molecular weight is 349 g/mol. The van der Waals surface area contributed by atoms with Gasteiger partial charge in [-0.3, -0.25) is 9.59 Å². The minimum absolute atomic E-state index is 0.0521. The van der Waals surface area contributed by atoms with E-state index in [-0.39, 0.29) is 23.1 Å². The van der Waals surface area contributed by atoms with Crippen molar-refractivity contribution in [2.45, 2.75) is 51.6 Å². The third kappa shape index (κ3) is 3.30. The van der Waals surface area contributed by atoms with Crippen molar-refractivity contribution >= 4 is 23.4 Å². The minimum Gasteiger partial charge on any atom is -0.331 e. The second-order valence-electron chi connectivity index (χ2n) is 7.17. The molecule has 5 heteroatoms. The van der Waals surface area contributed by atoms with E-state index < -0.39 is 6.17 Å². The van der Waals surface area contributed by atoms with E-state index in [1.165, 1.54) is 12.0 Å². The summed E-state index contributed by atoms with van der Waals surface area (Å²) in [5, 5.41) is 3.16. The van der Waals surface area contributed by atoms with Gasteiger partial charge < -0.3 is 10.2 Å². The van der Waals surface area contributed by atoms with Gasteiger partial charge in [0.05, 0.1) is 0 Å². The van der Waals surface area contributed by atoms with Crippen LogP contribution in [0.1, 0.15) is 56.3 Å². The lowest BCUT2D eigenvalue weighted by Gasteiger charge is -2.40. The van der Waals surface area contributed by atoms with Crippen LogP contribution in [-0.4, -0.2) is 29.1 Å². The largest absolute Gasteiger partial charge is 0.331 e. The maximum Gasteiger partial charge on any atom is 0.239 e.